The van der Waals surface area contributed by atoms with Gasteiger partial charge in [0.2, 0.25) is 5.91 Å². The third-order valence-corrected chi connectivity index (χ3v) is 7.14. The molecule has 0 radical (unpaired) electrons. The summed E-state index contributed by atoms with van der Waals surface area (Å²) in [7, 11) is 0. The van der Waals surface area contributed by atoms with Crippen molar-refractivity contribution in [3.63, 3.8) is 0 Å². The van der Waals surface area contributed by atoms with Gasteiger partial charge in [0, 0.05) is 34.6 Å². The summed E-state index contributed by atoms with van der Waals surface area (Å²) < 4.78 is 3.94. The van der Waals surface area contributed by atoms with E-state index in [-0.39, 0.29) is 16.6 Å². The van der Waals surface area contributed by atoms with Gasteiger partial charge in [0.05, 0.1) is 0 Å². The molecule has 0 heterocycles. The van der Waals surface area contributed by atoms with Crippen molar-refractivity contribution in [2.45, 2.75) is 89.3 Å². The van der Waals surface area contributed by atoms with E-state index in [4.69, 9.17) is 0 Å². The van der Waals surface area contributed by atoms with Crippen molar-refractivity contribution < 1.29 is 4.79 Å². The first-order valence-corrected chi connectivity index (χ1v) is 12.3. The van der Waals surface area contributed by atoms with E-state index >= 15 is 0 Å². The van der Waals surface area contributed by atoms with Crippen LogP contribution in [0, 0.1) is 11.8 Å². The minimum Gasteiger partial charge on any atom is -0.385 e. The van der Waals surface area contributed by atoms with E-state index < -0.39 is 0 Å². The van der Waals surface area contributed by atoms with Crippen LogP contribution < -0.4 is 15.4 Å². The highest BCUT2D eigenvalue weighted by Gasteiger charge is 2.23. The minimum absolute atomic E-state index is 0.195. The lowest BCUT2D eigenvalue weighted by molar-refractivity contribution is -0.120. The van der Waals surface area contributed by atoms with Crippen molar-refractivity contribution in [3.8, 4) is 0 Å². The number of amides is 1. The first kappa shape index (κ1) is 22.5. The number of rotatable bonds is 7. The molecule has 0 saturated heterocycles. The van der Waals surface area contributed by atoms with E-state index in [9.17, 15) is 4.79 Å². The third-order valence-electron chi connectivity index (χ3n) is 6.08. The topological polar surface area (TPSA) is 53.2 Å². The van der Waals surface area contributed by atoms with Crippen LogP contribution in [0.25, 0.3) is 0 Å². The van der Waals surface area contributed by atoms with Gasteiger partial charge in [0.15, 0.2) is 0 Å². The first-order valence-electron chi connectivity index (χ1n) is 11.5. The SMILES string of the molecule is CC(C)(C)SN[C@H]1CC[C@H](CNc2cccc(NC(=O)C3CCCCC3)c2)CC1. The van der Waals surface area contributed by atoms with Gasteiger partial charge < -0.3 is 10.6 Å². The molecule has 1 aromatic carbocycles. The van der Waals surface area contributed by atoms with Crippen molar-refractivity contribution in [1.82, 2.24) is 4.72 Å². The van der Waals surface area contributed by atoms with E-state index in [0.29, 0.717) is 6.04 Å². The molecule has 0 aliphatic heterocycles. The molecule has 29 heavy (non-hydrogen) atoms. The minimum atomic E-state index is 0.195. The molecule has 4 nitrogen and oxygen atoms in total. The molecule has 162 valence electrons. The van der Waals surface area contributed by atoms with Gasteiger partial charge in [0.1, 0.15) is 0 Å². The van der Waals surface area contributed by atoms with Gasteiger partial charge in [-0.15, -0.1) is 0 Å². The second kappa shape index (κ2) is 10.7. The molecule has 0 unspecified atom stereocenters. The van der Waals surface area contributed by atoms with Crippen LogP contribution in [-0.4, -0.2) is 23.2 Å². The van der Waals surface area contributed by atoms with Crippen LogP contribution >= 0.6 is 11.9 Å². The molecule has 2 aliphatic rings. The van der Waals surface area contributed by atoms with Crippen LogP contribution in [0.2, 0.25) is 0 Å². The van der Waals surface area contributed by atoms with Gasteiger partial charge in [-0.05, 0) is 83.4 Å². The van der Waals surface area contributed by atoms with Crippen molar-refractivity contribution in [2.75, 3.05) is 17.2 Å². The van der Waals surface area contributed by atoms with Gasteiger partial charge in [0.25, 0.3) is 0 Å². The summed E-state index contributed by atoms with van der Waals surface area (Å²) >= 11 is 1.87. The zero-order valence-corrected chi connectivity index (χ0v) is 19.2. The highest BCUT2D eigenvalue weighted by atomic mass is 32.2. The Hall–Kier alpha value is -1.20. The standard InChI is InChI=1S/C24H39N3OS/c1-24(2,3)29-27-20-14-12-18(13-15-20)17-25-21-10-7-11-22(16-21)26-23(28)19-8-5-4-6-9-19/h7,10-11,16,18-20,25,27H,4-6,8-9,12-15,17H2,1-3H3,(H,26,28)/t18-,20-. The normalized spacial score (nSPS) is 23.6. The molecule has 2 saturated carbocycles. The average Bonchev–Trinajstić information content (AvgIpc) is 2.72. The van der Waals surface area contributed by atoms with Crippen molar-refractivity contribution in [1.29, 1.82) is 0 Å². The van der Waals surface area contributed by atoms with Crippen LogP contribution in [0.1, 0.15) is 78.6 Å². The molecule has 3 N–H and O–H groups in total. The molecule has 0 bridgehead atoms. The van der Waals surface area contributed by atoms with Crippen LogP contribution in [-0.2, 0) is 4.79 Å². The Labute approximate surface area is 181 Å². The number of carbonyl (C=O) groups is 1. The summed E-state index contributed by atoms with van der Waals surface area (Å²) in [4.78, 5) is 12.5. The Kier molecular flexibility index (Phi) is 8.31. The van der Waals surface area contributed by atoms with Crippen molar-refractivity contribution in [2.24, 2.45) is 11.8 Å². The molecule has 3 rings (SSSR count). The monoisotopic (exact) mass is 417 g/mol. The van der Waals surface area contributed by atoms with Crippen LogP contribution in [0.5, 0.6) is 0 Å². The Balaban J connectivity index is 1.40. The molecule has 2 fully saturated rings. The lowest BCUT2D eigenvalue weighted by atomic mass is 9.86. The molecule has 1 amide bonds. The molecular formula is C24H39N3OS. The summed E-state index contributed by atoms with van der Waals surface area (Å²) in [5.41, 5.74) is 2.02. The molecule has 0 aromatic heterocycles. The van der Waals surface area contributed by atoms with E-state index in [0.717, 1.165) is 36.7 Å². The Morgan fingerprint density at radius 2 is 1.69 bits per heavy atom. The fourth-order valence-electron chi connectivity index (χ4n) is 4.32. The molecule has 2 aliphatic carbocycles. The molecule has 5 heteroatoms. The number of nitrogens with one attached hydrogen (secondary N) is 3. The van der Waals surface area contributed by atoms with Gasteiger partial charge in [-0.25, -0.2) is 0 Å². The van der Waals surface area contributed by atoms with E-state index in [2.05, 4.69) is 48.3 Å². The van der Waals surface area contributed by atoms with Crippen LogP contribution in [0.15, 0.2) is 24.3 Å². The average molecular weight is 418 g/mol. The van der Waals surface area contributed by atoms with Gasteiger partial charge in [-0.2, -0.15) is 0 Å². The molecular weight excluding hydrogens is 378 g/mol. The fraction of sp³-hybridized carbons (Fsp3) is 0.708. The summed E-state index contributed by atoms with van der Waals surface area (Å²) in [6.45, 7) is 7.78. The largest absolute Gasteiger partial charge is 0.385 e. The first-order chi connectivity index (χ1) is 13.9. The van der Waals surface area contributed by atoms with E-state index in [1.807, 2.05) is 24.1 Å². The maximum absolute atomic E-state index is 12.5. The van der Waals surface area contributed by atoms with E-state index in [1.54, 1.807) is 0 Å². The van der Waals surface area contributed by atoms with Gasteiger partial charge >= 0.3 is 0 Å². The second-order valence-electron chi connectivity index (χ2n) is 9.84. The zero-order valence-electron chi connectivity index (χ0n) is 18.4. The number of hydrogen-bond acceptors (Lipinski definition) is 4. The molecule has 1 aromatic rings. The third kappa shape index (κ3) is 7.86. The quantitative estimate of drug-likeness (QED) is 0.462. The number of benzene rings is 1. The fourth-order valence-corrected chi connectivity index (χ4v) is 5.08. The number of carbonyl (C=O) groups excluding carboxylic acids is 1. The predicted molar refractivity (Wildman–Crippen MR) is 126 cm³/mol. The second-order valence-corrected chi connectivity index (χ2v) is 11.5. The zero-order chi connectivity index (χ0) is 20.7. The summed E-state index contributed by atoms with van der Waals surface area (Å²) in [5, 5.41) is 6.73. The summed E-state index contributed by atoms with van der Waals surface area (Å²) in [6.07, 6.45) is 10.8. The maximum Gasteiger partial charge on any atom is 0.227 e. The van der Waals surface area contributed by atoms with Crippen molar-refractivity contribution >= 4 is 29.2 Å². The summed E-state index contributed by atoms with van der Waals surface area (Å²) in [5.74, 6) is 1.12. The van der Waals surface area contributed by atoms with Gasteiger partial charge in [-0.3, -0.25) is 9.52 Å². The Morgan fingerprint density at radius 3 is 2.38 bits per heavy atom. The molecule has 0 atom stereocenters. The lowest BCUT2D eigenvalue weighted by Gasteiger charge is -2.31. The maximum atomic E-state index is 12.5. The Bertz CT molecular complexity index is 644. The highest BCUT2D eigenvalue weighted by Crippen LogP contribution is 2.29. The van der Waals surface area contributed by atoms with Crippen molar-refractivity contribution in [3.05, 3.63) is 24.3 Å². The highest BCUT2D eigenvalue weighted by molar-refractivity contribution is 7.98. The predicted octanol–water partition coefficient (Wildman–Crippen LogP) is 6.21. The molecule has 0 spiro atoms. The number of hydrogen-bond donors (Lipinski definition) is 3. The lowest BCUT2D eigenvalue weighted by Crippen LogP contribution is -2.33. The van der Waals surface area contributed by atoms with Crippen LogP contribution in [0.4, 0.5) is 11.4 Å². The van der Waals surface area contributed by atoms with Gasteiger partial charge in [-0.1, -0.05) is 37.3 Å². The Morgan fingerprint density at radius 1 is 1.00 bits per heavy atom. The summed E-state index contributed by atoms with van der Waals surface area (Å²) in [6, 6.07) is 8.85. The van der Waals surface area contributed by atoms with E-state index in [1.165, 1.54) is 44.9 Å². The number of anilines is 2. The smallest absolute Gasteiger partial charge is 0.227 e. The van der Waals surface area contributed by atoms with Crippen LogP contribution in [0.3, 0.4) is 0 Å².